The van der Waals surface area contributed by atoms with Crippen molar-refractivity contribution < 1.29 is 22.7 Å². The van der Waals surface area contributed by atoms with Gasteiger partial charge in [-0.3, -0.25) is 9.69 Å². The second-order valence-electron chi connectivity index (χ2n) is 5.14. The number of piperazine rings is 1. The number of esters is 1. The average Bonchev–Trinajstić information content (AvgIpc) is 2.94. The van der Waals surface area contributed by atoms with E-state index >= 15 is 0 Å². The molecule has 0 atom stereocenters. The molecule has 1 aliphatic heterocycles. The minimum Gasteiger partial charge on any atom is -0.465 e. The molecule has 0 radical (unpaired) electrons. The predicted molar refractivity (Wildman–Crippen MR) is 87.1 cm³/mol. The topological polar surface area (TPSA) is 96.0 Å². The number of sulfonamides is 1. The highest BCUT2D eigenvalue weighted by molar-refractivity contribution is 7.88. The van der Waals surface area contributed by atoms with Crippen molar-refractivity contribution in [2.45, 2.75) is 0 Å². The van der Waals surface area contributed by atoms with Crippen LogP contribution in [0.4, 0.5) is 5.00 Å². The lowest BCUT2D eigenvalue weighted by Crippen LogP contribution is -2.50. The second kappa shape index (κ2) is 7.39. The maximum absolute atomic E-state index is 12.1. The van der Waals surface area contributed by atoms with Gasteiger partial charge in [0.15, 0.2) is 0 Å². The van der Waals surface area contributed by atoms with Crippen LogP contribution in [0.3, 0.4) is 0 Å². The van der Waals surface area contributed by atoms with Gasteiger partial charge in [0.05, 0.1) is 25.5 Å². The molecule has 0 aliphatic carbocycles. The zero-order chi connectivity index (χ0) is 17.0. The summed E-state index contributed by atoms with van der Waals surface area (Å²) >= 11 is 1.25. The van der Waals surface area contributed by atoms with Gasteiger partial charge < -0.3 is 10.1 Å². The molecule has 1 aromatic heterocycles. The van der Waals surface area contributed by atoms with Gasteiger partial charge in [0.25, 0.3) is 0 Å². The Morgan fingerprint density at radius 2 is 1.96 bits per heavy atom. The minimum atomic E-state index is -3.18. The van der Waals surface area contributed by atoms with Crippen LogP contribution in [0.15, 0.2) is 11.4 Å². The van der Waals surface area contributed by atoms with Crippen molar-refractivity contribution in [2.24, 2.45) is 0 Å². The van der Waals surface area contributed by atoms with Crippen LogP contribution in [-0.2, 0) is 19.6 Å². The van der Waals surface area contributed by atoms with E-state index in [1.807, 2.05) is 4.90 Å². The SMILES string of the molecule is COC(=O)c1ccsc1NC(=O)CN1CCN(S(C)(=O)=O)CC1. The van der Waals surface area contributed by atoms with Gasteiger partial charge in [-0.1, -0.05) is 0 Å². The molecule has 1 aliphatic rings. The van der Waals surface area contributed by atoms with Crippen molar-refractivity contribution in [1.82, 2.24) is 9.21 Å². The van der Waals surface area contributed by atoms with E-state index in [0.717, 1.165) is 0 Å². The molecule has 0 aromatic carbocycles. The number of carbonyl (C=O) groups excluding carboxylic acids is 2. The van der Waals surface area contributed by atoms with Gasteiger partial charge in [0.2, 0.25) is 15.9 Å². The first kappa shape index (κ1) is 17.9. The van der Waals surface area contributed by atoms with Gasteiger partial charge in [-0.2, -0.15) is 4.31 Å². The van der Waals surface area contributed by atoms with Gasteiger partial charge in [-0.15, -0.1) is 11.3 Å². The van der Waals surface area contributed by atoms with E-state index in [9.17, 15) is 18.0 Å². The largest absolute Gasteiger partial charge is 0.465 e. The highest BCUT2D eigenvalue weighted by Crippen LogP contribution is 2.23. The molecule has 2 heterocycles. The molecule has 0 spiro atoms. The maximum Gasteiger partial charge on any atom is 0.340 e. The monoisotopic (exact) mass is 361 g/mol. The molecule has 1 fully saturated rings. The summed E-state index contributed by atoms with van der Waals surface area (Å²) in [5, 5.41) is 4.86. The van der Waals surface area contributed by atoms with Gasteiger partial charge in [-0.05, 0) is 11.4 Å². The van der Waals surface area contributed by atoms with E-state index < -0.39 is 16.0 Å². The molecule has 23 heavy (non-hydrogen) atoms. The number of thiophene rings is 1. The molecule has 0 saturated carbocycles. The van der Waals surface area contributed by atoms with Crippen LogP contribution in [0, 0.1) is 0 Å². The summed E-state index contributed by atoms with van der Waals surface area (Å²) in [6.45, 7) is 1.89. The lowest BCUT2D eigenvalue weighted by molar-refractivity contribution is -0.117. The fraction of sp³-hybridized carbons (Fsp3) is 0.538. The van der Waals surface area contributed by atoms with Gasteiger partial charge in [-0.25, -0.2) is 13.2 Å². The number of nitrogens with zero attached hydrogens (tertiary/aromatic N) is 2. The Hall–Kier alpha value is -1.49. The molecule has 2 rings (SSSR count). The van der Waals surface area contributed by atoms with Gasteiger partial charge in [0, 0.05) is 26.2 Å². The number of rotatable bonds is 5. The molecular formula is C13H19N3O5S2. The Kier molecular flexibility index (Phi) is 5.74. The molecule has 128 valence electrons. The molecule has 1 N–H and O–H groups in total. The molecule has 1 saturated heterocycles. The van der Waals surface area contributed by atoms with Crippen LogP contribution in [0.1, 0.15) is 10.4 Å². The summed E-state index contributed by atoms with van der Waals surface area (Å²) in [6, 6.07) is 1.59. The number of amides is 1. The third-order valence-corrected chi connectivity index (χ3v) is 5.62. The molecule has 10 heteroatoms. The third-order valence-electron chi connectivity index (χ3n) is 3.49. The van der Waals surface area contributed by atoms with Crippen molar-refractivity contribution in [1.29, 1.82) is 0 Å². The van der Waals surface area contributed by atoms with Crippen molar-refractivity contribution in [3.8, 4) is 0 Å². The predicted octanol–water partition coefficient (Wildman–Crippen LogP) is 0.0504. The Labute approximate surface area is 139 Å². The van der Waals surface area contributed by atoms with Gasteiger partial charge in [0.1, 0.15) is 5.00 Å². The van der Waals surface area contributed by atoms with Crippen molar-refractivity contribution >= 4 is 38.2 Å². The lowest BCUT2D eigenvalue weighted by Gasteiger charge is -2.32. The molecule has 0 bridgehead atoms. The third kappa shape index (κ3) is 4.74. The normalized spacial score (nSPS) is 17.0. The lowest BCUT2D eigenvalue weighted by atomic mass is 10.3. The fourth-order valence-electron chi connectivity index (χ4n) is 2.27. The van der Waals surface area contributed by atoms with E-state index in [0.29, 0.717) is 36.7 Å². The quantitative estimate of drug-likeness (QED) is 0.745. The summed E-state index contributed by atoms with van der Waals surface area (Å²) in [5.74, 6) is -0.742. The molecule has 0 unspecified atom stereocenters. The van der Waals surface area contributed by atoms with Crippen LogP contribution in [0.5, 0.6) is 0 Å². The zero-order valence-electron chi connectivity index (χ0n) is 12.9. The zero-order valence-corrected chi connectivity index (χ0v) is 14.6. The summed E-state index contributed by atoms with van der Waals surface area (Å²) in [7, 11) is -1.90. The average molecular weight is 361 g/mol. The van der Waals surface area contributed by atoms with Crippen LogP contribution in [0.2, 0.25) is 0 Å². The van der Waals surface area contributed by atoms with Crippen molar-refractivity contribution in [3.63, 3.8) is 0 Å². The molecule has 8 nitrogen and oxygen atoms in total. The van der Waals surface area contributed by atoms with Crippen LogP contribution < -0.4 is 5.32 Å². The number of methoxy groups -OCH3 is 1. The summed E-state index contributed by atoms with van der Waals surface area (Å²) < 4.78 is 28.9. The Balaban J connectivity index is 1.87. The number of anilines is 1. The number of ether oxygens (including phenoxy) is 1. The standard InChI is InChI=1S/C13H19N3O5S2/c1-21-13(18)10-3-8-22-12(10)14-11(17)9-15-4-6-16(7-5-15)23(2,19)20/h3,8H,4-7,9H2,1-2H3,(H,14,17). The van der Waals surface area contributed by atoms with Crippen LogP contribution >= 0.6 is 11.3 Å². The first-order valence-corrected chi connectivity index (χ1v) is 9.67. The number of hydrogen-bond acceptors (Lipinski definition) is 7. The Bertz CT molecular complexity index is 678. The Morgan fingerprint density at radius 1 is 1.30 bits per heavy atom. The van der Waals surface area contributed by atoms with Crippen LogP contribution in [-0.4, -0.2) is 75.6 Å². The summed E-state index contributed by atoms with van der Waals surface area (Å²) in [5.41, 5.74) is 0.327. The van der Waals surface area contributed by atoms with E-state index in [-0.39, 0.29) is 12.5 Å². The molecule has 1 aromatic rings. The van der Waals surface area contributed by atoms with Crippen molar-refractivity contribution in [3.05, 3.63) is 17.0 Å². The number of nitrogens with one attached hydrogen (secondary N) is 1. The maximum atomic E-state index is 12.1. The number of carbonyl (C=O) groups is 2. The second-order valence-corrected chi connectivity index (χ2v) is 8.04. The van der Waals surface area contributed by atoms with E-state index in [2.05, 4.69) is 10.1 Å². The first-order chi connectivity index (χ1) is 10.8. The van der Waals surface area contributed by atoms with E-state index in [1.165, 1.54) is 29.0 Å². The highest BCUT2D eigenvalue weighted by atomic mass is 32.2. The highest BCUT2D eigenvalue weighted by Gasteiger charge is 2.25. The Morgan fingerprint density at radius 3 is 2.52 bits per heavy atom. The summed E-state index contributed by atoms with van der Waals surface area (Å²) in [6.07, 6.45) is 1.18. The molecule has 1 amide bonds. The minimum absolute atomic E-state index is 0.149. The fourth-order valence-corrected chi connectivity index (χ4v) is 3.88. The van der Waals surface area contributed by atoms with Crippen LogP contribution in [0.25, 0.3) is 0 Å². The smallest absolute Gasteiger partial charge is 0.340 e. The van der Waals surface area contributed by atoms with E-state index in [4.69, 9.17) is 0 Å². The first-order valence-electron chi connectivity index (χ1n) is 6.94. The number of hydrogen-bond donors (Lipinski definition) is 1. The van der Waals surface area contributed by atoms with Gasteiger partial charge >= 0.3 is 5.97 Å². The molecular weight excluding hydrogens is 342 g/mol. The van der Waals surface area contributed by atoms with E-state index in [1.54, 1.807) is 11.4 Å². The summed E-state index contributed by atoms with van der Waals surface area (Å²) in [4.78, 5) is 25.5. The van der Waals surface area contributed by atoms with Crippen molar-refractivity contribution in [2.75, 3.05) is 51.4 Å².